The summed E-state index contributed by atoms with van der Waals surface area (Å²) in [7, 11) is 16.2. The maximum absolute atomic E-state index is 6.15. The molecule has 0 amide bonds. The monoisotopic (exact) mass is 758 g/mol. The van der Waals surface area contributed by atoms with Crippen molar-refractivity contribution in [3.05, 3.63) is 48.5 Å². The largest absolute Gasteiger partial charge is 0.493 e. The lowest BCUT2D eigenvalue weighted by atomic mass is 10.3. The van der Waals surface area contributed by atoms with Gasteiger partial charge in [0.2, 0.25) is 23.0 Å². The van der Waals surface area contributed by atoms with E-state index in [1.807, 2.05) is 48.5 Å². The summed E-state index contributed by atoms with van der Waals surface area (Å²) in [6.45, 7) is 2.19. The average Bonchev–Trinajstić information content (AvgIpc) is 3.19. The van der Waals surface area contributed by atoms with E-state index in [0.717, 1.165) is 21.2 Å². The Morgan fingerprint density at radius 2 is 0.481 bits per heavy atom. The molecule has 0 N–H and O–H groups in total. The first kappa shape index (κ1) is 40.1. The van der Waals surface area contributed by atoms with Gasteiger partial charge in [-0.2, -0.15) is 0 Å². The quantitative estimate of drug-likeness (QED) is 0.116. The molecule has 0 saturated carbocycles. The van der Waals surface area contributed by atoms with Gasteiger partial charge in [-0.25, -0.2) is 0 Å². The van der Waals surface area contributed by atoms with E-state index in [1.54, 1.807) is 85.3 Å². The second kappa shape index (κ2) is 18.2. The van der Waals surface area contributed by atoms with Crippen molar-refractivity contribution >= 4 is 37.1 Å². The lowest BCUT2D eigenvalue weighted by molar-refractivity contribution is 0.325. The first-order chi connectivity index (χ1) is 25.2. The molecule has 0 aliphatic heterocycles. The Bertz CT molecular complexity index is 1580. The molecule has 14 heteroatoms. The fraction of sp³-hybridized carbons (Fsp3) is 0.368. The molecule has 282 valence electrons. The Morgan fingerprint density at radius 3 is 0.635 bits per heavy atom. The smallest absolute Gasteiger partial charge is 0.203 e. The van der Waals surface area contributed by atoms with Crippen LogP contribution in [0.5, 0.6) is 69.0 Å². The Labute approximate surface area is 308 Å². The van der Waals surface area contributed by atoms with E-state index in [9.17, 15) is 0 Å². The topological polar surface area (TPSA) is 111 Å². The van der Waals surface area contributed by atoms with Crippen LogP contribution in [0.4, 0.5) is 0 Å². The first-order valence-corrected chi connectivity index (χ1v) is 18.8. The molecular formula is C38H48O12P2. The van der Waals surface area contributed by atoms with Crippen LogP contribution >= 0.6 is 15.8 Å². The highest BCUT2D eigenvalue weighted by Gasteiger charge is 2.40. The summed E-state index contributed by atoms with van der Waals surface area (Å²) in [6, 6.07) is 15.5. The zero-order valence-electron chi connectivity index (χ0n) is 32.0. The SMILES string of the molecule is COc1ccc(P(c2ccc(OC)c(OC)c2OC)C(C)P(c2ccc(OC)c(OC)c2OC)c2ccc(OC)c(OC)c2OC)c(OC)c1OC. The van der Waals surface area contributed by atoms with Crippen molar-refractivity contribution < 1.29 is 56.8 Å². The van der Waals surface area contributed by atoms with Crippen LogP contribution in [0.15, 0.2) is 48.5 Å². The summed E-state index contributed by atoms with van der Waals surface area (Å²) in [6.07, 6.45) is 0. The van der Waals surface area contributed by atoms with Crippen molar-refractivity contribution in [3.8, 4) is 69.0 Å². The van der Waals surface area contributed by atoms with Gasteiger partial charge in [0.25, 0.3) is 0 Å². The minimum Gasteiger partial charge on any atom is -0.493 e. The van der Waals surface area contributed by atoms with Gasteiger partial charge in [0.1, 0.15) is 0 Å². The predicted octanol–water partition coefficient (Wildman–Crippen LogP) is 5.70. The summed E-state index contributed by atoms with van der Waals surface area (Å²) in [5.74, 6) is 6.00. The molecule has 0 aliphatic rings. The van der Waals surface area contributed by atoms with Gasteiger partial charge in [-0.1, -0.05) is 6.92 Å². The van der Waals surface area contributed by atoms with Crippen molar-refractivity contribution in [3.63, 3.8) is 0 Å². The van der Waals surface area contributed by atoms with E-state index in [4.69, 9.17) is 56.8 Å². The van der Waals surface area contributed by atoms with Gasteiger partial charge in [-0.05, 0) is 64.4 Å². The van der Waals surface area contributed by atoms with Crippen molar-refractivity contribution in [2.45, 2.75) is 12.3 Å². The molecule has 0 aromatic heterocycles. The minimum absolute atomic E-state index is 0.233. The number of hydrogen-bond acceptors (Lipinski definition) is 12. The molecule has 4 rings (SSSR count). The van der Waals surface area contributed by atoms with Crippen LogP contribution in [0.3, 0.4) is 0 Å². The standard InChI is InChI=1S/C38H48O12P2/c1-22(51(27-18-14-23(39-2)31(43-6)35(27)47-10)28-19-15-24(40-3)32(44-7)36(28)48-11)52(29-20-16-25(41-4)33(45-8)37(29)49-12)30-21-17-26(42-5)34(46-9)38(30)50-13/h14-22H,1-13H3. The van der Waals surface area contributed by atoms with Crippen LogP contribution in [-0.4, -0.2) is 90.7 Å². The van der Waals surface area contributed by atoms with Gasteiger partial charge in [-0.3, -0.25) is 0 Å². The summed E-state index contributed by atoms with van der Waals surface area (Å²) < 4.78 is 71.0. The Kier molecular flexibility index (Phi) is 14.0. The van der Waals surface area contributed by atoms with E-state index in [1.165, 1.54) is 0 Å². The highest BCUT2D eigenvalue weighted by atomic mass is 31.2. The molecule has 0 bridgehead atoms. The van der Waals surface area contributed by atoms with Gasteiger partial charge in [-0.15, -0.1) is 0 Å². The highest BCUT2D eigenvalue weighted by molar-refractivity contribution is 7.90. The molecule has 0 aliphatic carbocycles. The van der Waals surface area contributed by atoms with E-state index in [2.05, 4.69) is 6.92 Å². The molecule has 4 aromatic rings. The summed E-state index contributed by atoms with van der Waals surface area (Å²) in [4.78, 5) is 0. The molecule has 4 aromatic carbocycles. The second-order valence-electron chi connectivity index (χ2n) is 10.8. The van der Waals surface area contributed by atoms with E-state index >= 15 is 0 Å². The first-order valence-electron chi connectivity index (χ1n) is 16.0. The van der Waals surface area contributed by atoms with Gasteiger partial charge in [0.15, 0.2) is 46.0 Å². The molecule has 52 heavy (non-hydrogen) atoms. The molecular weight excluding hydrogens is 710 g/mol. The molecule has 0 spiro atoms. The third-order valence-electron chi connectivity index (χ3n) is 8.52. The van der Waals surface area contributed by atoms with Crippen LogP contribution in [0.2, 0.25) is 0 Å². The van der Waals surface area contributed by atoms with E-state index < -0.39 is 15.8 Å². The van der Waals surface area contributed by atoms with Crippen LogP contribution in [0.1, 0.15) is 6.92 Å². The number of methoxy groups -OCH3 is 12. The fourth-order valence-corrected chi connectivity index (χ4v) is 13.4. The Balaban J connectivity index is 2.25. The van der Waals surface area contributed by atoms with Crippen LogP contribution in [-0.2, 0) is 0 Å². The predicted molar refractivity (Wildman–Crippen MR) is 206 cm³/mol. The molecule has 0 heterocycles. The zero-order chi connectivity index (χ0) is 38.1. The van der Waals surface area contributed by atoms with Gasteiger partial charge in [0, 0.05) is 26.6 Å². The Hall–Kier alpha value is -4.66. The van der Waals surface area contributed by atoms with Crippen molar-refractivity contribution in [1.29, 1.82) is 0 Å². The zero-order valence-corrected chi connectivity index (χ0v) is 33.8. The van der Waals surface area contributed by atoms with Gasteiger partial charge in [0.05, 0.1) is 85.3 Å². The molecule has 0 unspecified atom stereocenters. The molecule has 0 fully saturated rings. The second-order valence-corrected chi connectivity index (χ2v) is 16.1. The third-order valence-corrected chi connectivity index (χ3v) is 14.9. The third kappa shape index (κ3) is 7.19. The number of benzene rings is 4. The lowest BCUT2D eigenvalue weighted by Crippen LogP contribution is -2.29. The van der Waals surface area contributed by atoms with Crippen molar-refractivity contribution in [2.24, 2.45) is 0 Å². The molecule has 0 saturated heterocycles. The Morgan fingerprint density at radius 1 is 0.288 bits per heavy atom. The summed E-state index contributed by atoms with van der Waals surface area (Å²) in [5, 5.41) is 3.21. The van der Waals surface area contributed by atoms with Crippen LogP contribution in [0, 0.1) is 0 Å². The minimum atomic E-state index is -1.46. The van der Waals surface area contributed by atoms with Crippen LogP contribution in [0.25, 0.3) is 0 Å². The van der Waals surface area contributed by atoms with Crippen molar-refractivity contribution in [2.75, 3.05) is 85.3 Å². The molecule has 0 radical (unpaired) electrons. The average molecular weight is 759 g/mol. The lowest BCUT2D eigenvalue weighted by Gasteiger charge is -2.36. The maximum Gasteiger partial charge on any atom is 0.203 e. The van der Waals surface area contributed by atoms with E-state index in [0.29, 0.717) is 69.0 Å². The maximum atomic E-state index is 6.15. The number of ether oxygens (including phenoxy) is 12. The molecule has 0 atom stereocenters. The normalized spacial score (nSPS) is 10.9. The van der Waals surface area contributed by atoms with Gasteiger partial charge >= 0.3 is 0 Å². The molecule has 12 nitrogen and oxygen atoms in total. The van der Waals surface area contributed by atoms with Crippen LogP contribution < -0.4 is 78.1 Å². The van der Waals surface area contributed by atoms with E-state index in [-0.39, 0.29) is 5.40 Å². The van der Waals surface area contributed by atoms with Gasteiger partial charge < -0.3 is 56.8 Å². The highest BCUT2D eigenvalue weighted by Crippen LogP contribution is 2.63. The summed E-state index contributed by atoms with van der Waals surface area (Å²) >= 11 is 0. The fourth-order valence-electron chi connectivity index (χ4n) is 6.28. The number of rotatable bonds is 18. The number of hydrogen-bond donors (Lipinski definition) is 0. The summed E-state index contributed by atoms with van der Waals surface area (Å²) in [5.41, 5.74) is 0. The van der Waals surface area contributed by atoms with Crippen molar-refractivity contribution in [1.82, 2.24) is 0 Å².